The van der Waals surface area contributed by atoms with E-state index in [-0.39, 0.29) is 24.7 Å². The van der Waals surface area contributed by atoms with Crippen molar-refractivity contribution in [2.75, 3.05) is 23.7 Å². The molecule has 2 amide bonds. The lowest BCUT2D eigenvalue weighted by atomic mass is 10.1. The number of non-ortho nitro benzene ring substituents is 1. The van der Waals surface area contributed by atoms with Gasteiger partial charge in [-0.15, -0.1) is 0 Å². The van der Waals surface area contributed by atoms with Crippen molar-refractivity contribution in [1.82, 2.24) is 5.32 Å². The number of anilines is 2. The molecular formula is C18H20N4O4. The van der Waals surface area contributed by atoms with Gasteiger partial charge in [0, 0.05) is 23.5 Å². The Kier molecular flexibility index (Phi) is 6.26. The van der Waals surface area contributed by atoms with Crippen molar-refractivity contribution in [2.24, 2.45) is 0 Å². The van der Waals surface area contributed by atoms with Gasteiger partial charge in [-0.3, -0.25) is 19.7 Å². The summed E-state index contributed by atoms with van der Waals surface area (Å²) in [5, 5.41) is 18.8. The number of para-hydroxylation sites is 1. The molecule has 0 aliphatic carbocycles. The average Bonchev–Trinajstić information content (AvgIpc) is 2.61. The van der Waals surface area contributed by atoms with Crippen LogP contribution in [0.3, 0.4) is 0 Å². The van der Waals surface area contributed by atoms with Crippen LogP contribution in [0.25, 0.3) is 0 Å². The molecule has 0 saturated heterocycles. The second kappa shape index (κ2) is 8.61. The number of nitro benzene ring substituents is 1. The lowest BCUT2D eigenvalue weighted by molar-refractivity contribution is -0.384. The largest absolute Gasteiger partial charge is 0.376 e. The molecule has 136 valence electrons. The first-order chi connectivity index (χ1) is 12.4. The molecule has 0 saturated carbocycles. The van der Waals surface area contributed by atoms with E-state index in [4.69, 9.17) is 0 Å². The molecule has 3 N–H and O–H groups in total. The first-order valence-electron chi connectivity index (χ1n) is 7.98. The summed E-state index contributed by atoms with van der Waals surface area (Å²) in [5.74, 6) is -0.723. The second-order valence-corrected chi connectivity index (χ2v) is 5.75. The van der Waals surface area contributed by atoms with Gasteiger partial charge in [-0.25, -0.2) is 0 Å². The second-order valence-electron chi connectivity index (χ2n) is 5.75. The van der Waals surface area contributed by atoms with Crippen LogP contribution in [0.15, 0.2) is 42.5 Å². The van der Waals surface area contributed by atoms with E-state index in [9.17, 15) is 19.7 Å². The molecule has 0 spiro atoms. The maximum absolute atomic E-state index is 12.0. The first kappa shape index (κ1) is 18.9. The van der Waals surface area contributed by atoms with Gasteiger partial charge in [0.15, 0.2) is 0 Å². The van der Waals surface area contributed by atoms with Crippen LogP contribution >= 0.6 is 0 Å². The molecule has 2 aromatic carbocycles. The van der Waals surface area contributed by atoms with E-state index in [0.29, 0.717) is 5.69 Å². The Morgan fingerprint density at radius 1 is 1.00 bits per heavy atom. The van der Waals surface area contributed by atoms with E-state index >= 15 is 0 Å². The summed E-state index contributed by atoms with van der Waals surface area (Å²) in [6, 6.07) is 11.5. The number of nitro groups is 1. The Bertz CT molecular complexity index is 815. The van der Waals surface area contributed by atoms with E-state index in [1.165, 1.54) is 18.2 Å². The fraction of sp³-hybridized carbons (Fsp3) is 0.222. The number of hydrogen-bond acceptors (Lipinski definition) is 5. The topological polar surface area (TPSA) is 113 Å². The van der Waals surface area contributed by atoms with Crippen LogP contribution in [0, 0.1) is 24.0 Å². The molecule has 0 radical (unpaired) electrons. The van der Waals surface area contributed by atoms with Gasteiger partial charge in [-0.1, -0.05) is 24.3 Å². The number of rotatable bonds is 7. The molecule has 0 unspecified atom stereocenters. The van der Waals surface area contributed by atoms with Gasteiger partial charge in [0.1, 0.15) is 0 Å². The Morgan fingerprint density at radius 2 is 1.65 bits per heavy atom. The minimum atomic E-state index is -0.511. The molecule has 0 aliphatic heterocycles. The Hall–Kier alpha value is -3.42. The highest BCUT2D eigenvalue weighted by atomic mass is 16.6. The number of hydrogen-bond donors (Lipinski definition) is 3. The first-order valence-corrected chi connectivity index (χ1v) is 7.98. The normalized spacial score (nSPS) is 10.1. The summed E-state index contributed by atoms with van der Waals surface area (Å²) in [6.45, 7) is 3.52. The van der Waals surface area contributed by atoms with Crippen LogP contribution in [0.1, 0.15) is 11.1 Å². The van der Waals surface area contributed by atoms with E-state index in [2.05, 4.69) is 16.0 Å². The number of aryl methyl sites for hydroxylation is 2. The Morgan fingerprint density at radius 3 is 2.31 bits per heavy atom. The van der Waals surface area contributed by atoms with E-state index < -0.39 is 10.8 Å². The summed E-state index contributed by atoms with van der Waals surface area (Å²) in [6.07, 6.45) is 0. The van der Waals surface area contributed by atoms with Crippen molar-refractivity contribution in [1.29, 1.82) is 0 Å². The Balaban J connectivity index is 1.80. The quantitative estimate of drug-likeness (QED) is 0.521. The molecular weight excluding hydrogens is 336 g/mol. The van der Waals surface area contributed by atoms with Gasteiger partial charge < -0.3 is 16.0 Å². The molecule has 0 heterocycles. The zero-order valence-electron chi connectivity index (χ0n) is 14.5. The molecule has 0 atom stereocenters. The van der Waals surface area contributed by atoms with Crippen LogP contribution in [-0.4, -0.2) is 29.8 Å². The van der Waals surface area contributed by atoms with Crippen LogP contribution in [0.2, 0.25) is 0 Å². The minimum Gasteiger partial charge on any atom is -0.376 e. The van der Waals surface area contributed by atoms with Crippen LogP contribution < -0.4 is 16.0 Å². The fourth-order valence-corrected chi connectivity index (χ4v) is 2.35. The highest BCUT2D eigenvalue weighted by molar-refractivity contribution is 5.96. The van der Waals surface area contributed by atoms with Gasteiger partial charge in [-0.2, -0.15) is 0 Å². The predicted molar refractivity (Wildman–Crippen MR) is 99.1 cm³/mol. The molecule has 26 heavy (non-hydrogen) atoms. The Labute approximate surface area is 150 Å². The summed E-state index contributed by atoms with van der Waals surface area (Å²) in [4.78, 5) is 34.0. The SMILES string of the molecule is Cc1cccc(C)c1NC(=O)CNC(=O)CNc1cccc([N+](=O)[O-])c1. The lowest BCUT2D eigenvalue weighted by Crippen LogP contribution is -2.36. The number of carbonyl (C=O) groups excluding carboxylic acids is 2. The van der Waals surface area contributed by atoms with Crippen molar-refractivity contribution in [3.63, 3.8) is 0 Å². The van der Waals surface area contributed by atoms with Gasteiger partial charge in [0.25, 0.3) is 5.69 Å². The van der Waals surface area contributed by atoms with Crippen LogP contribution in [0.4, 0.5) is 17.1 Å². The molecule has 0 aliphatic rings. The predicted octanol–water partition coefficient (Wildman–Crippen LogP) is 2.38. The summed E-state index contributed by atoms with van der Waals surface area (Å²) >= 11 is 0. The third-order valence-electron chi connectivity index (χ3n) is 3.70. The van der Waals surface area contributed by atoms with Crippen molar-refractivity contribution in [2.45, 2.75) is 13.8 Å². The smallest absolute Gasteiger partial charge is 0.271 e. The molecule has 0 fully saturated rings. The van der Waals surface area contributed by atoms with E-state index in [1.54, 1.807) is 6.07 Å². The molecule has 8 nitrogen and oxygen atoms in total. The zero-order valence-corrected chi connectivity index (χ0v) is 14.5. The molecule has 8 heteroatoms. The van der Waals surface area contributed by atoms with Gasteiger partial charge >= 0.3 is 0 Å². The standard InChI is InChI=1S/C18H20N4O4/c1-12-5-3-6-13(2)18(12)21-17(24)11-20-16(23)10-19-14-7-4-8-15(9-14)22(25)26/h3-9,19H,10-11H2,1-2H3,(H,20,23)(H,21,24). The molecule has 0 bridgehead atoms. The van der Waals surface area contributed by atoms with Crippen molar-refractivity contribution in [3.8, 4) is 0 Å². The number of carbonyl (C=O) groups is 2. The van der Waals surface area contributed by atoms with Gasteiger partial charge in [-0.05, 0) is 31.0 Å². The van der Waals surface area contributed by atoms with Crippen LogP contribution in [-0.2, 0) is 9.59 Å². The zero-order chi connectivity index (χ0) is 19.1. The minimum absolute atomic E-state index is 0.0663. The van der Waals surface area contributed by atoms with Gasteiger partial charge in [0.05, 0.1) is 18.0 Å². The number of nitrogens with zero attached hydrogens (tertiary/aromatic N) is 1. The highest BCUT2D eigenvalue weighted by Gasteiger charge is 2.10. The molecule has 2 aromatic rings. The third kappa shape index (κ3) is 5.30. The average molecular weight is 356 g/mol. The van der Waals surface area contributed by atoms with E-state index in [1.807, 2.05) is 32.0 Å². The highest BCUT2D eigenvalue weighted by Crippen LogP contribution is 2.19. The summed E-state index contributed by atoms with van der Waals surface area (Å²) in [7, 11) is 0. The molecule has 2 rings (SSSR count). The van der Waals surface area contributed by atoms with Crippen molar-refractivity contribution < 1.29 is 14.5 Å². The maximum Gasteiger partial charge on any atom is 0.271 e. The van der Waals surface area contributed by atoms with Crippen molar-refractivity contribution in [3.05, 3.63) is 63.7 Å². The maximum atomic E-state index is 12.0. The van der Waals surface area contributed by atoms with E-state index in [0.717, 1.165) is 16.8 Å². The number of amides is 2. The van der Waals surface area contributed by atoms with Gasteiger partial charge in [0.2, 0.25) is 11.8 Å². The summed E-state index contributed by atoms with van der Waals surface area (Å²) in [5.41, 5.74) is 3.01. The van der Waals surface area contributed by atoms with Crippen molar-refractivity contribution >= 4 is 28.9 Å². The monoisotopic (exact) mass is 356 g/mol. The lowest BCUT2D eigenvalue weighted by Gasteiger charge is -2.12. The van der Waals surface area contributed by atoms with Crippen LogP contribution in [0.5, 0.6) is 0 Å². The summed E-state index contributed by atoms with van der Waals surface area (Å²) < 4.78 is 0. The number of nitrogens with one attached hydrogen (secondary N) is 3. The third-order valence-corrected chi connectivity index (χ3v) is 3.70. The molecule has 0 aromatic heterocycles. The fourth-order valence-electron chi connectivity index (χ4n) is 2.35. The number of benzene rings is 2.